The van der Waals surface area contributed by atoms with Crippen LogP contribution in [0.5, 0.6) is 0 Å². The second-order valence-corrected chi connectivity index (χ2v) is 33.4. The molecule has 0 aliphatic heterocycles. The van der Waals surface area contributed by atoms with Crippen molar-refractivity contribution < 1.29 is 80.2 Å². The van der Waals surface area contributed by atoms with Crippen LogP contribution < -0.4 is 0 Å². The molecule has 3 N–H and O–H groups in total. The molecule has 19 heteroatoms. The van der Waals surface area contributed by atoms with E-state index in [2.05, 4.69) is 41.5 Å². The normalized spacial score (nSPS) is 13.9. The van der Waals surface area contributed by atoms with E-state index in [0.29, 0.717) is 25.7 Å². The molecule has 0 rings (SSSR count). The largest absolute Gasteiger partial charge is 0.472 e. The average Bonchev–Trinajstić information content (AvgIpc) is 0.975. The van der Waals surface area contributed by atoms with E-state index in [9.17, 15) is 43.2 Å². The molecular formula is C82H160O17P2. The Kier molecular flexibility index (Phi) is 72.2. The topological polar surface area (TPSA) is 237 Å². The van der Waals surface area contributed by atoms with Gasteiger partial charge in [-0.1, -0.05) is 382 Å². The molecule has 0 spiro atoms. The van der Waals surface area contributed by atoms with Gasteiger partial charge in [-0.05, 0) is 37.5 Å². The third-order valence-electron chi connectivity index (χ3n) is 19.2. The molecule has 0 radical (unpaired) electrons. The van der Waals surface area contributed by atoms with Crippen LogP contribution in [0.1, 0.15) is 433 Å². The van der Waals surface area contributed by atoms with Crippen molar-refractivity contribution in [3.63, 3.8) is 0 Å². The zero-order chi connectivity index (χ0) is 74.2. The van der Waals surface area contributed by atoms with Gasteiger partial charge in [0.2, 0.25) is 0 Å². The van der Waals surface area contributed by atoms with Crippen molar-refractivity contribution >= 4 is 39.5 Å². The quantitative estimate of drug-likeness (QED) is 0.0222. The molecule has 0 aromatic carbocycles. The number of phosphoric acid groups is 2. The van der Waals surface area contributed by atoms with Crippen molar-refractivity contribution in [1.82, 2.24) is 0 Å². The molecule has 101 heavy (non-hydrogen) atoms. The molecule has 17 nitrogen and oxygen atoms in total. The molecule has 0 aromatic rings. The highest BCUT2D eigenvalue weighted by molar-refractivity contribution is 7.47. The molecule has 0 aromatic heterocycles. The monoisotopic (exact) mass is 1480 g/mol. The van der Waals surface area contributed by atoms with E-state index in [4.69, 9.17) is 37.0 Å². The summed E-state index contributed by atoms with van der Waals surface area (Å²) < 4.78 is 68.7. The van der Waals surface area contributed by atoms with Crippen molar-refractivity contribution in [1.29, 1.82) is 0 Å². The molecule has 0 bridgehead atoms. The Balaban J connectivity index is 5.20. The minimum Gasteiger partial charge on any atom is -0.462 e. The number of hydrogen-bond donors (Lipinski definition) is 3. The van der Waals surface area contributed by atoms with Gasteiger partial charge in [-0.3, -0.25) is 37.3 Å². The number of phosphoric ester groups is 2. The maximum Gasteiger partial charge on any atom is 0.472 e. The lowest BCUT2D eigenvalue weighted by Gasteiger charge is -2.21. The first-order chi connectivity index (χ1) is 48.9. The predicted octanol–water partition coefficient (Wildman–Crippen LogP) is 24.7. The van der Waals surface area contributed by atoms with E-state index in [-0.39, 0.29) is 25.7 Å². The maximum atomic E-state index is 13.1. The number of ether oxygens (including phenoxy) is 4. The van der Waals surface area contributed by atoms with Crippen LogP contribution in [0, 0.1) is 11.8 Å². The third kappa shape index (κ3) is 76.1. The zero-order valence-electron chi connectivity index (χ0n) is 66.2. The summed E-state index contributed by atoms with van der Waals surface area (Å²) in [6.07, 6.45) is 63.9. The van der Waals surface area contributed by atoms with E-state index in [1.54, 1.807) is 0 Å². The van der Waals surface area contributed by atoms with Gasteiger partial charge >= 0.3 is 39.5 Å². The molecule has 2 unspecified atom stereocenters. The molecule has 0 aliphatic carbocycles. The molecule has 0 saturated heterocycles. The van der Waals surface area contributed by atoms with Gasteiger partial charge in [0.1, 0.15) is 19.3 Å². The Morgan fingerprint density at radius 3 is 0.673 bits per heavy atom. The molecule has 0 amide bonds. The zero-order valence-corrected chi connectivity index (χ0v) is 68.0. The molecule has 0 fully saturated rings. The number of carbonyl (C=O) groups excluding carboxylic acids is 4. The number of hydrogen-bond acceptors (Lipinski definition) is 15. The molecule has 5 atom stereocenters. The summed E-state index contributed by atoms with van der Waals surface area (Å²) in [6, 6.07) is 0. The van der Waals surface area contributed by atoms with E-state index in [1.165, 1.54) is 250 Å². The fourth-order valence-electron chi connectivity index (χ4n) is 12.7. The second kappa shape index (κ2) is 73.6. The van der Waals surface area contributed by atoms with Crippen LogP contribution in [-0.2, 0) is 65.4 Å². The first kappa shape index (κ1) is 99.1. The van der Waals surface area contributed by atoms with Crippen molar-refractivity contribution in [2.24, 2.45) is 11.8 Å². The van der Waals surface area contributed by atoms with Crippen molar-refractivity contribution in [3.8, 4) is 0 Å². The highest BCUT2D eigenvalue weighted by atomic mass is 31.2. The van der Waals surface area contributed by atoms with Crippen LogP contribution >= 0.6 is 15.6 Å². The minimum atomic E-state index is -4.96. The van der Waals surface area contributed by atoms with Gasteiger partial charge in [0.05, 0.1) is 26.4 Å². The lowest BCUT2D eigenvalue weighted by molar-refractivity contribution is -0.161. The molecule has 0 heterocycles. The molecule has 0 saturated carbocycles. The number of unbranched alkanes of at least 4 members (excludes halogenated alkanes) is 51. The lowest BCUT2D eigenvalue weighted by atomic mass is 10.0. The highest BCUT2D eigenvalue weighted by Gasteiger charge is 2.30. The van der Waals surface area contributed by atoms with Gasteiger partial charge in [0.25, 0.3) is 0 Å². The summed E-state index contributed by atoms with van der Waals surface area (Å²) in [5.74, 6) is -0.474. The van der Waals surface area contributed by atoms with Crippen LogP contribution in [0.15, 0.2) is 0 Å². The number of aliphatic hydroxyl groups excluding tert-OH is 1. The average molecular weight is 1480 g/mol. The molecule has 600 valence electrons. The Morgan fingerprint density at radius 1 is 0.267 bits per heavy atom. The minimum absolute atomic E-state index is 0.107. The van der Waals surface area contributed by atoms with Gasteiger partial charge in [0.15, 0.2) is 12.2 Å². The van der Waals surface area contributed by atoms with Gasteiger partial charge in [0, 0.05) is 25.7 Å². The lowest BCUT2D eigenvalue weighted by Crippen LogP contribution is -2.30. The fraction of sp³-hybridized carbons (Fsp3) is 0.951. The summed E-state index contributed by atoms with van der Waals surface area (Å²) >= 11 is 0. The van der Waals surface area contributed by atoms with Crippen LogP contribution in [-0.4, -0.2) is 96.7 Å². The van der Waals surface area contributed by atoms with E-state index < -0.39 is 97.5 Å². The number of aliphatic hydroxyl groups is 1. The predicted molar refractivity (Wildman–Crippen MR) is 414 cm³/mol. The summed E-state index contributed by atoms with van der Waals surface area (Å²) in [4.78, 5) is 73.0. The maximum absolute atomic E-state index is 13.1. The van der Waals surface area contributed by atoms with Crippen molar-refractivity contribution in [3.05, 3.63) is 0 Å². The third-order valence-corrected chi connectivity index (χ3v) is 21.1. The summed E-state index contributed by atoms with van der Waals surface area (Å²) in [5, 5.41) is 10.6. The SMILES string of the molecule is CCCCCCCCCCCCCC(=O)O[C@H](COC(=O)CCCCCCCCCCCC)COP(=O)(O)OC[C@H](O)COP(=O)(O)OC[C@@H](COC(=O)CCCCCCCCCCCCCCCCCCC(C)C)OC(=O)CCCCCCCCCCCCCCCCCCCCC(C)C. The summed E-state index contributed by atoms with van der Waals surface area (Å²) in [7, 11) is -9.92. The van der Waals surface area contributed by atoms with Crippen LogP contribution in [0.25, 0.3) is 0 Å². The fourth-order valence-corrected chi connectivity index (χ4v) is 14.3. The number of esters is 4. The van der Waals surface area contributed by atoms with Gasteiger partial charge in [-0.25, -0.2) is 9.13 Å². The molecular weight excluding hydrogens is 1320 g/mol. The Bertz CT molecular complexity index is 1940. The Morgan fingerprint density at radius 2 is 0.455 bits per heavy atom. The van der Waals surface area contributed by atoms with E-state index in [0.717, 1.165) is 102 Å². The standard InChI is InChI=1S/C82H160O17P2/c1-7-9-11-13-15-17-33-42-48-54-60-66-81(86)98-77(70-92-79(84)64-58-52-46-40-18-16-14-12-10-8-2)72-96-100(88,89)94-68-76(83)69-95-101(90,91)97-73-78(71-93-80(85)65-59-53-47-41-36-31-27-24-23-26-30-35-39-45-51-57-63-75(5)6)99-82(87)67-61-55-49-43-37-32-28-22-20-19-21-25-29-34-38-44-50-56-62-74(3)4/h74-78,83H,7-73H2,1-6H3,(H,88,89)(H,90,91)/t76-,77+,78+/m0/s1. The second-order valence-electron chi connectivity index (χ2n) is 30.5. The van der Waals surface area contributed by atoms with Gasteiger partial charge in [-0.15, -0.1) is 0 Å². The van der Waals surface area contributed by atoms with Crippen LogP contribution in [0.4, 0.5) is 0 Å². The van der Waals surface area contributed by atoms with Crippen LogP contribution in [0.2, 0.25) is 0 Å². The smallest absolute Gasteiger partial charge is 0.462 e. The van der Waals surface area contributed by atoms with E-state index >= 15 is 0 Å². The summed E-state index contributed by atoms with van der Waals surface area (Å²) in [6.45, 7) is 9.69. The number of rotatable bonds is 81. The van der Waals surface area contributed by atoms with Crippen molar-refractivity contribution in [2.45, 2.75) is 452 Å². The van der Waals surface area contributed by atoms with E-state index in [1.807, 2.05) is 0 Å². The van der Waals surface area contributed by atoms with Gasteiger partial charge in [-0.2, -0.15) is 0 Å². The molecule has 0 aliphatic rings. The Labute approximate surface area is 619 Å². The van der Waals surface area contributed by atoms with Gasteiger partial charge < -0.3 is 33.8 Å². The first-order valence-corrected chi connectivity index (χ1v) is 45.5. The first-order valence-electron chi connectivity index (χ1n) is 42.5. The summed E-state index contributed by atoms with van der Waals surface area (Å²) in [5.41, 5.74) is 0. The Hall–Kier alpha value is -1.94. The van der Waals surface area contributed by atoms with Crippen molar-refractivity contribution in [2.75, 3.05) is 39.6 Å². The van der Waals surface area contributed by atoms with Crippen LogP contribution in [0.3, 0.4) is 0 Å². The highest BCUT2D eigenvalue weighted by Crippen LogP contribution is 2.45. The number of carbonyl (C=O) groups is 4.